The lowest BCUT2D eigenvalue weighted by Gasteiger charge is -2.05. The van der Waals surface area contributed by atoms with Crippen molar-refractivity contribution in [3.8, 4) is 0 Å². The molecular formula is C17H18N4OS. The highest BCUT2D eigenvalue weighted by Crippen LogP contribution is 2.17. The molecule has 0 bridgehead atoms. The summed E-state index contributed by atoms with van der Waals surface area (Å²) >= 11 is 1.54. The fraction of sp³-hybridized carbons (Fsp3) is 0.235. The van der Waals surface area contributed by atoms with Crippen LogP contribution in [-0.4, -0.2) is 32.8 Å². The summed E-state index contributed by atoms with van der Waals surface area (Å²) in [5.41, 5.74) is 2.06. The maximum atomic E-state index is 11.9. The number of hydrogen-bond acceptors (Lipinski definition) is 4. The molecule has 0 saturated carbocycles. The van der Waals surface area contributed by atoms with Crippen molar-refractivity contribution in [2.75, 3.05) is 12.3 Å². The van der Waals surface area contributed by atoms with Gasteiger partial charge in [-0.25, -0.2) is 0 Å². The summed E-state index contributed by atoms with van der Waals surface area (Å²) in [4.78, 5) is 11.9. The van der Waals surface area contributed by atoms with Gasteiger partial charge in [0.05, 0.1) is 0 Å². The summed E-state index contributed by atoms with van der Waals surface area (Å²) in [6, 6.07) is 15.9. The van der Waals surface area contributed by atoms with Gasteiger partial charge >= 0.3 is 0 Å². The van der Waals surface area contributed by atoms with Gasteiger partial charge in [-0.15, -0.1) is 10.2 Å². The van der Waals surface area contributed by atoms with Crippen LogP contribution in [0.25, 0.3) is 5.65 Å². The van der Waals surface area contributed by atoms with Crippen LogP contribution in [0.2, 0.25) is 0 Å². The molecule has 0 spiro atoms. The fourth-order valence-electron chi connectivity index (χ4n) is 2.23. The Hall–Kier alpha value is -2.34. The normalized spacial score (nSPS) is 10.8. The Kier molecular flexibility index (Phi) is 5.26. The van der Waals surface area contributed by atoms with Crippen LogP contribution in [0.1, 0.15) is 12.0 Å². The topological polar surface area (TPSA) is 59.3 Å². The Morgan fingerprint density at radius 2 is 1.91 bits per heavy atom. The van der Waals surface area contributed by atoms with Crippen molar-refractivity contribution < 1.29 is 4.79 Å². The molecule has 118 valence electrons. The van der Waals surface area contributed by atoms with Gasteiger partial charge in [0.2, 0.25) is 5.91 Å². The molecule has 0 saturated heterocycles. The Morgan fingerprint density at radius 3 is 2.78 bits per heavy atom. The predicted octanol–water partition coefficient (Wildman–Crippen LogP) is 2.57. The summed E-state index contributed by atoms with van der Waals surface area (Å²) in [6.45, 7) is 0.668. The van der Waals surface area contributed by atoms with E-state index in [0.29, 0.717) is 18.7 Å². The Labute approximate surface area is 139 Å². The molecular weight excluding hydrogens is 308 g/mol. The molecule has 1 N–H and O–H groups in total. The average molecular weight is 326 g/mol. The van der Waals surface area contributed by atoms with Gasteiger partial charge in [-0.1, -0.05) is 48.2 Å². The van der Waals surface area contributed by atoms with E-state index in [2.05, 4.69) is 27.6 Å². The van der Waals surface area contributed by atoms with Crippen LogP contribution in [-0.2, 0) is 11.2 Å². The Balaban J connectivity index is 1.39. The van der Waals surface area contributed by atoms with Crippen LogP contribution < -0.4 is 5.32 Å². The van der Waals surface area contributed by atoms with Crippen molar-refractivity contribution in [1.29, 1.82) is 0 Å². The molecule has 0 unspecified atom stereocenters. The number of aromatic nitrogens is 3. The standard InChI is InChI=1S/C17H18N4OS/c22-16(18-11-9-14-6-2-1-3-7-14)10-13-23-17-20-19-15-8-4-5-12-21(15)17/h1-8,12H,9-11,13H2,(H,18,22). The van der Waals surface area contributed by atoms with Crippen LogP contribution in [0.4, 0.5) is 0 Å². The lowest BCUT2D eigenvalue weighted by atomic mass is 10.1. The second kappa shape index (κ2) is 7.78. The number of carbonyl (C=O) groups is 1. The van der Waals surface area contributed by atoms with Crippen molar-refractivity contribution >= 4 is 23.3 Å². The van der Waals surface area contributed by atoms with Crippen molar-refractivity contribution in [3.05, 3.63) is 60.3 Å². The number of fused-ring (bicyclic) bond motifs is 1. The van der Waals surface area contributed by atoms with Gasteiger partial charge in [0.15, 0.2) is 10.8 Å². The molecule has 0 aliphatic rings. The smallest absolute Gasteiger partial charge is 0.220 e. The van der Waals surface area contributed by atoms with E-state index in [0.717, 1.165) is 17.2 Å². The van der Waals surface area contributed by atoms with Gasteiger partial charge in [0.25, 0.3) is 0 Å². The molecule has 3 aromatic rings. The number of benzene rings is 1. The molecule has 2 aromatic heterocycles. The summed E-state index contributed by atoms with van der Waals surface area (Å²) in [7, 11) is 0. The van der Waals surface area contributed by atoms with Crippen LogP contribution in [0.5, 0.6) is 0 Å². The Bertz CT molecular complexity index is 772. The van der Waals surface area contributed by atoms with Gasteiger partial charge in [-0.3, -0.25) is 9.20 Å². The van der Waals surface area contributed by atoms with Crippen LogP contribution in [0.15, 0.2) is 59.9 Å². The van der Waals surface area contributed by atoms with Crippen LogP contribution in [0.3, 0.4) is 0 Å². The van der Waals surface area contributed by atoms with Crippen LogP contribution in [0, 0.1) is 0 Å². The first kappa shape index (κ1) is 15.6. The molecule has 1 aromatic carbocycles. The number of carbonyl (C=O) groups excluding carboxylic acids is 1. The van der Waals surface area contributed by atoms with Crippen molar-refractivity contribution in [1.82, 2.24) is 19.9 Å². The second-order valence-corrected chi connectivity index (χ2v) is 6.16. The van der Waals surface area contributed by atoms with E-state index in [1.165, 1.54) is 5.56 Å². The predicted molar refractivity (Wildman–Crippen MR) is 91.5 cm³/mol. The molecule has 5 nitrogen and oxygen atoms in total. The van der Waals surface area contributed by atoms with E-state index in [1.807, 2.05) is 47.0 Å². The zero-order valence-electron chi connectivity index (χ0n) is 12.7. The lowest BCUT2D eigenvalue weighted by molar-refractivity contribution is -0.120. The number of hydrogen-bond donors (Lipinski definition) is 1. The van der Waals surface area contributed by atoms with Gasteiger partial charge in [0, 0.05) is 24.9 Å². The highest BCUT2D eigenvalue weighted by atomic mass is 32.2. The molecule has 0 aliphatic heterocycles. The molecule has 3 rings (SSSR count). The van der Waals surface area contributed by atoms with Crippen molar-refractivity contribution in [2.45, 2.75) is 18.0 Å². The summed E-state index contributed by atoms with van der Waals surface area (Å²) in [6.07, 6.45) is 3.26. The lowest BCUT2D eigenvalue weighted by Crippen LogP contribution is -2.25. The molecule has 1 amide bonds. The molecule has 0 fully saturated rings. The van der Waals surface area contributed by atoms with E-state index in [-0.39, 0.29) is 5.91 Å². The quantitative estimate of drug-likeness (QED) is 0.678. The summed E-state index contributed by atoms with van der Waals surface area (Å²) in [5.74, 6) is 0.759. The van der Waals surface area contributed by atoms with Gasteiger partial charge < -0.3 is 5.32 Å². The minimum Gasteiger partial charge on any atom is -0.356 e. The Morgan fingerprint density at radius 1 is 1.09 bits per heavy atom. The molecule has 2 heterocycles. The zero-order chi connectivity index (χ0) is 15.9. The molecule has 23 heavy (non-hydrogen) atoms. The highest BCUT2D eigenvalue weighted by Gasteiger charge is 2.07. The fourth-order valence-corrected chi connectivity index (χ4v) is 3.09. The third-order valence-electron chi connectivity index (χ3n) is 3.42. The monoisotopic (exact) mass is 326 g/mol. The number of nitrogens with one attached hydrogen (secondary N) is 1. The number of thioether (sulfide) groups is 1. The van der Waals surface area contributed by atoms with Gasteiger partial charge in [-0.05, 0) is 24.1 Å². The van der Waals surface area contributed by atoms with Gasteiger partial charge in [-0.2, -0.15) is 0 Å². The third-order valence-corrected chi connectivity index (χ3v) is 4.37. The first-order chi connectivity index (χ1) is 11.3. The van der Waals surface area contributed by atoms with Crippen LogP contribution >= 0.6 is 11.8 Å². The first-order valence-corrected chi connectivity index (χ1v) is 8.55. The molecule has 0 aliphatic carbocycles. The summed E-state index contributed by atoms with van der Waals surface area (Å²) in [5, 5.41) is 12.0. The van der Waals surface area contributed by atoms with E-state index in [9.17, 15) is 4.79 Å². The third kappa shape index (κ3) is 4.32. The van der Waals surface area contributed by atoms with Gasteiger partial charge in [0.1, 0.15) is 0 Å². The second-order valence-electron chi connectivity index (χ2n) is 5.10. The molecule has 6 heteroatoms. The maximum absolute atomic E-state index is 11.9. The molecule has 0 radical (unpaired) electrons. The van der Waals surface area contributed by atoms with E-state index in [4.69, 9.17) is 0 Å². The summed E-state index contributed by atoms with van der Waals surface area (Å²) < 4.78 is 1.93. The number of amides is 1. The highest BCUT2D eigenvalue weighted by molar-refractivity contribution is 7.99. The van der Waals surface area contributed by atoms with Crippen molar-refractivity contribution in [3.63, 3.8) is 0 Å². The first-order valence-electron chi connectivity index (χ1n) is 7.56. The minimum atomic E-state index is 0.0715. The number of nitrogens with zero attached hydrogens (tertiary/aromatic N) is 3. The van der Waals surface area contributed by atoms with E-state index in [1.54, 1.807) is 11.8 Å². The molecule has 0 atom stereocenters. The number of pyridine rings is 1. The maximum Gasteiger partial charge on any atom is 0.220 e. The van der Waals surface area contributed by atoms with Crippen molar-refractivity contribution in [2.24, 2.45) is 0 Å². The zero-order valence-corrected chi connectivity index (χ0v) is 13.5. The van der Waals surface area contributed by atoms with E-state index < -0.39 is 0 Å². The van der Waals surface area contributed by atoms with E-state index >= 15 is 0 Å². The average Bonchev–Trinajstić information content (AvgIpc) is 2.99. The minimum absolute atomic E-state index is 0.0715. The SMILES string of the molecule is O=C(CCSc1nnc2ccccn12)NCCc1ccccc1. The number of rotatable bonds is 7. The largest absolute Gasteiger partial charge is 0.356 e.